The van der Waals surface area contributed by atoms with Crippen LogP contribution in [0.1, 0.15) is 48.3 Å². The number of piperazine rings is 1. The largest absolute Gasteiger partial charge is 0.497 e. The van der Waals surface area contributed by atoms with Gasteiger partial charge in [0.15, 0.2) is 5.82 Å². The van der Waals surface area contributed by atoms with E-state index in [0.29, 0.717) is 6.54 Å². The normalized spacial score (nSPS) is 15.7. The van der Waals surface area contributed by atoms with Crippen LogP contribution in [-0.4, -0.2) is 58.4 Å². The monoisotopic (exact) mass is 434 g/mol. The second-order valence-electron chi connectivity index (χ2n) is 8.66. The standard InChI is InChI=1S/C25H34N6O/c1-5-6-23(25-26-27-28-31(25)18-21-9-11-22(32-4)12-10-21)29-13-15-30(16-14-29)24-17-19(2)7-8-20(24)3/h7-12,17,23H,5-6,13-16,18H2,1-4H3. The van der Waals surface area contributed by atoms with Gasteiger partial charge in [0.1, 0.15) is 5.75 Å². The molecule has 1 atom stereocenters. The van der Waals surface area contributed by atoms with Crippen molar-refractivity contribution in [2.45, 2.75) is 46.2 Å². The average Bonchev–Trinajstić information content (AvgIpc) is 3.27. The zero-order chi connectivity index (χ0) is 22.5. The zero-order valence-corrected chi connectivity index (χ0v) is 19.7. The van der Waals surface area contributed by atoms with Crippen LogP contribution in [-0.2, 0) is 6.54 Å². The number of methoxy groups -OCH3 is 1. The van der Waals surface area contributed by atoms with Crippen molar-refractivity contribution in [1.29, 1.82) is 0 Å². The molecule has 1 saturated heterocycles. The van der Waals surface area contributed by atoms with Crippen molar-refractivity contribution in [1.82, 2.24) is 25.1 Å². The van der Waals surface area contributed by atoms with E-state index >= 15 is 0 Å². The lowest BCUT2D eigenvalue weighted by Gasteiger charge is -2.40. The van der Waals surface area contributed by atoms with Gasteiger partial charge in [-0.1, -0.05) is 37.6 Å². The molecule has 32 heavy (non-hydrogen) atoms. The molecule has 3 aromatic rings. The summed E-state index contributed by atoms with van der Waals surface area (Å²) in [6.45, 7) is 11.3. The Labute approximate surface area is 191 Å². The van der Waals surface area contributed by atoms with E-state index in [1.54, 1.807) is 7.11 Å². The smallest absolute Gasteiger partial charge is 0.168 e. The molecule has 4 rings (SSSR count). The highest BCUT2D eigenvalue weighted by atomic mass is 16.5. The number of anilines is 1. The molecule has 0 radical (unpaired) electrons. The second kappa shape index (κ2) is 10.1. The summed E-state index contributed by atoms with van der Waals surface area (Å²) in [6.07, 6.45) is 2.14. The summed E-state index contributed by atoms with van der Waals surface area (Å²) < 4.78 is 7.23. The van der Waals surface area contributed by atoms with Gasteiger partial charge in [-0.05, 0) is 65.6 Å². The van der Waals surface area contributed by atoms with Crippen LogP contribution in [0.2, 0.25) is 0 Å². The third-order valence-corrected chi connectivity index (χ3v) is 6.37. The molecule has 1 aromatic heterocycles. The van der Waals surface area contributed by atoms with Crippen LogP contribution < -0.4 is 9.64 Å². The number of hydrogen-bond donors (Lipinski definition) is 0. The highest BCUT2D eigenvalue weighted by molar-refractivity contribution is 5.55. The van der Waals surface area contributed by atoms with Crippen LogP contribution in [0.5, 0.6) is 5.75 Å². The van der Waals surface area contributed by atoms with Crippen molar-refractivity contribution in [3.05, 3.63) is 65.0 Å². The van der Waals surface area contributed by atoms with E-state index in [1.807, 2.05) is 16.8 Å². The van der Waals surface area contributed by atoms with Gasteiger partial charge < -0.3 is 9.64 Å². The lowest BCUT2D eigenvalue weighted by Crippen LogP contribution is -2.48. The minimum atomic E-state index is 0.231. The van der Waals surface area contributed by atoms with Gasteiger partial charge in [0.25, 0.3) is 0 Å². The first kappa shape index (κ1) is 22.3. The van der Waals surface area contributed by atoms with E-state index in [-0.39, 0.29) is 6.04 Å². The van der Waals surface area contributed by atoms with E-state index < -0.39 is 0 Å². The fourth-order valence-electron chi connectivity index (χ4n) is 4.55. The number of tetrazole rings is 1. The second-order valence-corrected chi connectivity index (χ2v) is 8.66. The lowest BCUT2D eigenvalue weighted by molar-refractivity contribution is 0.164. The highest BCUT2D eigenvalue weighted by Gasteiger charge is 2.29. The number of benzene rings is 2. The van der Waals surface area contributed by atoms with Gasteiger partial charge in [-0.3, -0.25) is 4.90 Å². The summed E-state index contributed by atoms with van der Waals surface area (Å²) in [6, 6.07) is 15.1. The van der Waals surface area contributed by atoms with Crippen molar-refractivity contribution < 1.29 is 4.74 Å². The van der Waals surface area contributed by atoms with Gasteiger partial charge in [0.2, 0.25) is 0 Å². The summed E-state index contributed by atoms with van der Waals surface area (Å²) in [5, 5.41) is 12.8. The number of rotatable bonds is 8. The summed E-state index contributed by atoms with van der Waals surface area (Å²) in [5.41, 5.74) is 5.18. The molecule has 1 aliphatic heterocycles. The quantitative estimate of drug-likeness (QED) is 0.534. The number of aromatic nitrogens is 4. The summed E-state index contributed by atoms with van der Waals surface area (Å²) in [5.74, 6) is 1.82. The van der Waals surface area contributed by atoms with E-state index in [1.165, 1.54) is 16.8 Å². The average molecular weight is 435 g/mol. The fraction of sp³-hybridized carbons (Fsp3) is 0.480. The van der Waals surface area contributed by atoms with Gasteiger partial charge in [-0.2, -0.15) is 0 Å². The van der Waals surface area contributed by atoms with Gasteiger partial charge >= 0.3 is 0 Å². The summed E-state index contributed by atoms with van der Waals surface area (Å²) in [7, 11) is 1.68. The maximum atomic E-state index is 5.27. The third-order valence-electron chi connectivity index (χ3n) is 6.37. The van der Waals surface area contributed by atoms with Crippen molar-refractivity contribution >= 4 is 5.69 Å². The SMILES string of the molecule is CCCC(c1nnnn1Cc1ccc(OC)cc1)N1CCN(c2cc(C)ccc2C)CC1. The van der Waals surface area contributed by atoms with Crippen LogP contribution in [0, 0.1) is 13.8 Å². The Morgan fingerprint density at radius 3 is 2.44 bits per heavy atom. The molecular weight excluding hydrogens is 400 g/mol. The van der Waals surface area contributed by atoms with Gasteiger partial charge in [0, 0.05) is 31.9 Å². The molecule has 1 fully saturated rings. The molecule has 1 aliphatic rings. The molecule has 7 nitrogen and oxygen atoms in total. The van der Waals surface area contributed by atoms with Crippen LogP contribution in [0.25, 0.3) is 0 Å². The molecule has 0 spiro atoms. The van der Waals surface area contributed by atoms with E-state index in [4.69, 9.17) is 4.74 Å². The van der Waals surface area contributed by atoms with Crippen molar-refractivity contribution in [3.8, 4) is 5.75 Å². The molecule has 0 aliphatic carbocycles. The molecule has 1 unspecified atom stereocenters. The molecule has 2 heterocycles. The molecule has 0 N–H and O–H groups in total. The Bertz CT molecular complexity index is 1010. The first-order valence-corrected chi connectivity index (χ1v) is 11.5. The maximum Gasteiger partial charge on any atom is 0.168 e. The van der Waals surface area contributed by atoms with Crippen LogP contribution in [0.15, 0.2) is 42.5 Å². The van der Waals surface area contributed by atoms with Crippen molar-refractivity contribution in [3.63, 3.8) is 0 Å². The Kier molecular flexibility index (Phi) is 7.05. The van der Waals surface area contributed by atoms with E-state index in [0.717, 1.165) is 56.2 Å². The number of nitrogens with zero attached hydrogens (tertiary/aromatic N) is 6. The summed E-state index contributed by atoms with van der Waals surface area (Å²) in [4.78, 5) is 5.07. The maximum absolute atomic E-state index is 5.27. The fourth-order valence-corrected chi connectivity index (χ4v) is 4.55. The van der Waals surface area contributed by atoms with Crippen molar-refractivity contribution in [2.75, 3.05) is 38.2 Å². The molecular formula is C25H34N6O. The summed E-state index contributed by atoms with van der Waals surface area (Å²) >= 11 is 0. The zero-order valence-electron chi connectivity index (χ0n) is 19.7. The van der Waals surface area contributed by atoms with Crippen LogP contribution in [0.3, 0.4) is 0 Å². The first-order valence-electron chi connectivity index (χ1n) is 11.5. The van der Waals surface area contributed by atoms with Crippen LogP contribution >= 0.6 is 0 Å². The predicted molar refractivity (Wildman–Crippen MR) is 127 cm³/mol. The van der Waals surface area contributed by atoms with E-state index in [2.05, 4.69) is 76.4 Å². The molecule has 0 saturated carbocycles. The van der Waals surface area contributed by atoms with Crippen LogP contribution in [0.4, 0.5) is 5.69 Å². The highest BCUT2D eigenvalue weighted by Crippen LogP contribution is 2.28. The van der Waals surface area contributed by atoms with Gasteiger partial charge in [-0.25, -0.2) is 4.68 Å². The van der Waals surface area contributed by atoms with Gasteiger partial charge in [-0.15, -0.1) is 5.10 Å². The Hall–Kier alpha value is -2.93. The minimum absolute atomic E-state index is 0.231. The Balaban J connectivity index is 1.47. The first-order chi connectivity index (χ1) is 15.6. The number of aryl methyl sites for hydroxylation is 2. The number of hydrogen-bond acceptors (Lipinski definition) is 6. The third kappa shape index (κ3) is 4.93. The molecule has 2 aromatic carbocycles. The topological polar surface area (TPSA) is 59.3 Å². The minimum Gasteiger partial charge on any atom is -0.497 e. The molecule has 0 bridgehead atoms. The molecule has 0 amide bonds. The number of ether oxygens (including phenoxy) is 1. The molecule has 7 heteroatoms. The lowest BCUT2D eigenvalue weighted by atomic mass is 10.1. The Morgan fingerprint density at radius 2 is 1.75 bits per heavy atom. The van der Waals surface area contributed by atoms with E-state index in [9.17, 15) is 0 Å². The predicted octanol–water partition coefficient (Wildman–Crippen LogP) is 4.01. The van der Waals surface area contributed by atoms with Crippen molar-refractivity contribution in [2.24, 2.45) is 0 Å². The van der Waals surface area contributed by atoms with Gasteiger partial charge in [0.05, 0.1) is 19.7 Å². The Morgan fingerprint density at radius 1 is 1.00 bits per heavy atom. The molecule has 170 valence electrons.